The average molecular weight is 410 g/mol. The Kier molecular flexibility index (Phi) is 4.82. The molecule has 2 heterocycles. The molecule has 6 heteroatoms. The van der Waals surface area contributed by atoms with Crippen LogP contribution < -0.4 is 4.74 Å². The van der Waals surface area contributed by atoms with Crippen LogP contribution in [0, 0.1) is 0 Å². The van der Waals surface area contributed by atoms with Gasteiger partial charge in [0.2, 0.25) is 0 Å². The summed E-state index contributed by atoms with van der Waals surface area (Å²) >= 11 is 6.36. The lowest BCUT2D eigenvalue weighted by atomic mass is 9.95. The highest BCUT2D eigenvalue weighted by Crippen LogP contribution is 2.36. The Morgan fingerprint density at radius 1 is 1.21 bits per heavy atom. The number of aliphatic hydroxyl groups excluding tert-OH is 1. The fourth-order valence-electron chi connectivity index (χ4n) is 4.52. The van der Waals surface area contributed by atoms with E-state index >= 15 is 0 Å². The maximum atomic E-state index is 9.62. The van der Waals surface area contributed by atoms with E-state index in [1.807, 2.05) is 36.4 Å². The van der Waals surface area contributed by atoms with Gasteiger partial charge in [0.15, 0.2) is 6.29 Å². The van der Waals surface area contributed by atoms with Crippen LogP contribution in [0.15, 0.2) is 42.5 Å². The van der Waals surface area contributed by atoms with Crippen molar-refractivity contribution < 1.29 is 9.84 Å². The van der Waals surface area contributed by atoms with Crippen LogP contribution in [0.2, 0.25) is 5.02 Å². The largest absolute Gasteiger partial charge is 0.465 e. The van der Waals surface area contributed by atoms with Gasteiger partial charge in [0.05, 0.1) is 10.7 Å². The number of aliphatic hydroxyl groups is 1. The smallest absolute Gasteiger partial charge is 0.194 e. The van der Waals surface area contributed by atoms with Crippen LogP contribution in [-0.2, 0) is 25.9 Å². The fraction of sp³-hybridized carbons (Fsp3) is 0.348. The molecule has 5 rings (SSSR count). The van der Waals surface area contributed by atoms with Crippen molar-refractivity contribution in [2.45, 2.75) is 51.6 Å². The van der Waals surface area contributed by atoms with Gasteiger partial charge in [-0.05, 0) is 43.5 Å². The minimum absolute atomic E-state index is 0.453. The minimum atomic E-state index is -0.805. The van der Waals surface area contributed by atoms with E-state index in [0.29, 0.717) is 6.04 Å². The van der Waals surface area contributed by atoms with E-state index in [1.165, 1.54) is 16.8 Å². The van der Waals surface area contributed by atoms with Crippen molar-refractivity contribution in [1.29, 1.82) is 0 Å². The van der Waals surface area contributed by atoms with Crippen molar-refractivity contribution >= 4 is 11.6 Å². The van der Waals surface area contributed by atoms with Crippen LogP contribution in [0.1, 0.15) is 35.9 Å². The quantitative estimate of drug-likeness (QED) is 0.630. The second-order valence-electron chi connectivity index (χ2n) is 7.90. The first-order valence-electron chi connectivity index (χ1n) is 10.1. The molecule has 2 aromatic carbocycles. The summed E-state index contributed by atoms with van der Waals surface area (Å²) in [5.74, 6) is 1.65. The first-order valence-corrected chi connectivity index (χ1v) is 10.5. The maximum absolute atomic E-state index is 9.62. The zero-order chi connectivity index (χ0) is 20.0. The number of rotatable bonds is 4. The number of hydrogen-bond donors (Lipinski definition) is 2. The fourth-order valence-corrected chi connectivity index (χ4v) is 4.75. The molecule has 150 valence electrons. The van der Waals surface area contributed by atoms with Crippen LogP contribution in [-0.4, -0.2) is 32.3 Å². The Bertz CT molecular complexity index is 1050. The van der Waals surface area contributed by atoms with Gasteiger partial charge < -0.3 is 14.8 Å². The number of nitrogens with one attached hydrogen (secondary N) is 1. The zero-order valence-electron chi connectivity index (χ0n) is 16.4. The molecule has 1 aromatic heterocycles. The van der Waals surface area contributed by atoms with E-state index in [2.05, 4.69) is 16.0 Å². The van der Waals surface area contributed by atoms with Gasteiger partial charge in [-0.25, -0.2) is 4.98 Å². The van der Waals surface area contributed by atoms with E-state index in [-0.39, 0.29) is 0 Å². The number of benzene rings is 2. The molecule has 2 N–H and O–H groups in total. The highest BCUT2D eigenvalue weighted by atomic mass is 35.5. The molecule has 0 saturated heterocycles. The second kappa shape index (κ2) is 7.48. The summed E-state index contributed by atoms with van der Waals surface area (Å²) in [5, 5.41) is 10.3. The number of imidazole rings is 1. The highest BCUT2D eigenvalue weighted by molar-refractivity contribution is 6.33. The SMILES string of the molecule is CC(O)Oc1cccc2c1CN(C1CCc3nc(-c4ccccc4Cl)[nH]c3C1)C2. The molecule has 29 heavy (non-hydrogen) atoms. The number of hydrogen-bond acceptors (Lipinski definition) is 4. The van der Waals surface area contributed by atoms with Crippen molar-refractivity contribution in [1.82, 2.24) is 14.9 Å². The summed E-state index contributed by atoms with van der Waals surface area (Å²) in [7, 11) is 0. The van der Waals surface area contributed by atoms with Gasteiger partial charge in [0.1, 0.15) is 11.6 Å². The molecule has 0 spiro atoms. The third-order valence-electron chi connectivity index (χ3n) is 5.93. The predicted molar refractivity (Wildman–Crippen MR) is 113 cm³/mol. The monoisotopic (exact) mass is 409 g/mol. The Hall–Kier alpha value is -2.34. The molecule has 0 radical (unpaired) electrons. The molecular weight excluding hydrogens is 386 g/mol. The topological polar surface area (TPSA) is 61.4 Å². The lowest BCUT2D eigenvalue weighted by Crippen LogP contribution is -2.35. The summed E-state index contributed by atoms with van der Waals surface area (Å²) in [5.41, 5.74) is 5.81. The summed E-state index contributed by atoms with van der Waals surface area (Å²) in [6.45, 7) is 3.41. The molecule has 2 aliphatic rings. The minimum Gasteiger partial charge on any atom is -0.465 e. The third-order valence-corrected chi connectivity index (χ3v) is 6.26. The van der Waals surface area contributed by atoms with E-state index in [4.69, 9.17) is 21.3 Å². The molecule has 5 nitrogen and oxygen atoms in total. The number of fused-ring (bicyclic) bond motifs is 2. The van der Waals surface area contributed by atoms with Crippen LogP contribution in [0.4, 0.5) is 0 Å². The highest BCUT2D eigenvalue weighted by Gasteiger charge is 2.32. The Morgan fingerprint density at radius 2 is 2.07 bits per heavy atom. The summed E-state index contributed by atoms with van der Waals surface area (Å²) < 4.78 is 5.61. The number of nitrogens with zero attached hydrogens (tertiary/aromatic N) is 2. The first kappa shape index (κ1) is 18.7. The van der Waals surface area contributed by atoms with Gasteiger partial charge in [-0.2, -0.15) is 0 Å². The lowest BCUT2D eigenvalue weighted by Gasteiger charge is -2.30. The van der Waals surface area contributed by atoms with Crippen molar-refractivity contribution in [3.8, 4) is 17.1 Å². The van der Waals surface area contributed by atoms with Crippen LogP contribution in [0.3, 0.4) is 0 Å². The number of H-pyrrole nitrogens is 1. The van der Waals surface area contributed by atoms with Crippen LogP contribution in [0.25, 0.3) is 11.4 Å². The first-order chi connectivity index (χ1) is 14.1. The number of halogens is 1. The summed E-state index contributed by atoms with van der Waals surface area (Å²) in [4.78, 5) is 10.9. The molecule has 0 fully saturated rings. The van der Waals surface area contributed by atoms with Crippen molar-refractivity contribution in [2.24, 2.45) is 0 Å². The van der Waals surface area contributed by atoms with E-state index < -0.39 is 6.29 Å². The normalized spacial score (nSPS) is 19.6. The molecule has 0 bridgehead atoms. The second-order valence-corrected chi connectivity index (χ2v) is 8.31. The summed E-state index contributed by atoms with van der Waals surface area (Å²) in [6.07, 6.45) is 2.19. The van der Waals surface area contributed by atoms with E-state index in [9.17, 15) is 5.11 Å². The maximum Gasteiger partial charge on any atom is 0.194 e. The molecule has 2 atom stereocenters. The van der Waals surface area contributed by atoms with Crippen molar-refractivity contribution in [3.63, 3.8) is 0 Å². The number of aromatic nitrogens is 2. The molecule has 3 aromatic rings. The number of ether oxygens (including phenoxy) is 1. The van der Waals surface area contributed by atoms with Gasteiger partial charge in [-0.15, -0.1) is 0 Å². The van der Waals surface area contributed by atoms with E-state index in [1.54, 1.807) is 6.92 Å². The Labute approximate surface area is 175 Å². The van der Waals surface area contributed by atoms with Crippen LogP contribution >= 0.6 is 11.6 Å². The van der Waals surface area contributed by atoms with Gasteiger partial charge in [0.25, 0.3) is 0 Å². The predicted octanol–water partition coefficient (Wildman–Crippen LogP) is 4.32. The Morgan fingerprint density at radius 3 is 2.90 bits per heavy atom. The number of aryl methyl sites for hydroxylation is 1. The average Bonchev–Trinajstić information content (AvgIpc) is 3.32. The molecule has 1 aliphatic carbocycles. The molecule has 0 amide bonds. The Balaban J connectivity index is 1.35. The van der Waals surface area contributed by atoms with Crippen molar-refractivity contribution in [2.75, 3.05) is 0 Å². The molecule has 1 aliphatic heterocycles. The zero-order valence-corrected chi connectivity index (χ0v) is 17.1. The van der Waals surface area contributed by atoms with Gasteiger partial charge in [-0.1, -0.05) is 35.9 Å². The summed E-state index contributed by atoms with van der Waals surface area (Å²) in [6, 6.07) is 14.4. The van der Waals surface area contributed by atoms with Crippen LogP contribution in [0.5, 0.6) is 5.75 Å². The third kappa shape index (κ3) is 3.54. The van der Waals surface area contributed by atoms with Gasteiger partial charge in [0, 0.05) is 42.4 Å². The molecular formula is C23H24ClN3O2. The van der Waals surface area contributed by atoms with E-state index in [0.717, 1.165) is 60.2 Å². The van der Waals surface area contributed by atoms with Gasteiger partial charge >= 0.3 is 0 Å². The molecule has 2 unspecified atom stereocenters. The molecule has 0 saturated carbocycles. The van der Waals surface area contributed by atoms with Gasteiger partial charge in [-0.3, -0.25) is 4.90 Å². The number of aromatic amines is 1. The standard InChI is InChI=1S/C23H24ClN3O2/c1-14(28)29-22-8-4-5-15-12-27(13-18(15)22)16-9-10-20-21(11-16)26-23(25-20)17-6-2-3-7-19(17)24/h2-8,14,16,28H,9-13H2,1H3,(H,25,26). The van der Waals surface area contributed by atoms with Crippen molar-refractivity contribution in [3.05, 3.63) is 70.0 Å². The lowest BCUT2D eigenvalue weighted by molar-refractivity contribution is -0.00127.